The van der Waals surface area contributed by atoms with E-state index in [1.165, 1.54) is 12.7 Å². The van der Waals surface area contributed by atoms with Crippen LogP contribution < -0.4 is 0 Å². The van der Waals surface area contributed by atoms with Gasteiger partial charge in [-0.05, 0) is 6.26 Å². The zero-order chi connectivity index (χ0) is 5.54. The Morgan fingerprint density at radius 2 is 2.43 bits per heavy atom. The number of halogens is 1. The molecule has 0 aliphatic heterocycles. The van der Waals surface area contributed by atoms with Crippen LogP contribution in [-0.2, 0) is 13.9 Å². The third kappa shape index (κ3) is 4.04. The first kappa shape index (κ1) is 7.20. The Balaban J connectivity index is 0.000000162. The number of aromatic nitrogens is 1. The maximum Gasteiger partial charge on any atom is 0.0217 e. The van der Waals surface area contributed by atoms with Crippen LogP contribution in [0.25, 0.3) is 0 Å². The summed E-state index contributed by atoms with van der Waals surface area (Å²) in [5, 5.41) is 0. The molecule has 0 saturated heterocycles. The van der Waals surface area contributed by atoms with Crippen molar-refractivity contribution in [1.29, 1.82) is 0 Å². The largest absolute Gasteiger partial charge is 0.557 e. The first-order valence-electron chi connectivity index (χ1n) is 1.37. The molecule has 7 heavy (non-hydrogen) atoms. The standard InChI is InChI=1S/C3H2NO.BrH.Co/c1-2-5-3-4-1;;/h2-3H;1H;/q-1;;+2/p-1. The molecule has 1 heterocycles. The summed E-state index contributed by atoms with van der Waals surface area (Å²) < 4.78 is 4.42. The number of hydrogen-bond acceptors (Lipinski definition) is 2. The van der Waals surface area contributed by atoms with Crippen LogP contribution in [0.2, 0.25) is 0 Å². The molecule has 2 nitrogen and oxygen atoms in total. The molecule has 41 valence electrons. The molecule has 0 radical (unpaired) electrons. The van der Waals surface area contributed by atoms with Gasteiger partial charge >= 0.3 is 28.1 Å². The van der Waals surface area contributed by atoms with E-state index >= 15 is 0 Å². The fourth-order valence-corrected chi connectivity index (χ4v) is 0.152. The van der Waals surface area contributed by atoms with Crippen molar-refractivity contribution in [2.45, 2.75) is 0 Å². The fourth-order valence-electron chi connectivity index (χ4n) is 0.152. The zero-order valence-corrected chi connectivity index (χ0v) is 5.85. The van der Waals surface area contributed by atoms with E-state index in [-0.39, 0.29) is 0 Å². The van der Waals surface area contributed by atoms with Crippen molar-refractivity contribution in [2.24, 2.45) is 0 Å². The minimum Gasteiger partial charge on any atom is -0.557 e. The minimum absolute atomic E-state index is 1.32. The third-order valence-electron chi connectivity index (χ3n) is 0.309. The van der Waals surface area contributed by atoms with Crippen LogP contribution in [-0.4, -0.2) is 4.98 Å². The van der Waals surface area contributed by atoms with Crippen LogP contribution in [0.4, 0.5) is 0 Å². The van der Waals surface area contributed by atoms with Gasteiger partial charge in [0.2, 0.25) is 0 Å². The van der Waals surface area contributed by atoms with E-state index in [4.69, 9.17) is 0 Å². The Labute approximate surface area is 56.6 Å². The predicted octanol–water partition coefficient (Wildman–Crippen LogP) is 1.32. The Hall–Kier alpha value is 0.196. The first-order chi connectivity index (χ1) is 3.50. The van der Waals surface area contributed by atoms with E-state index in [0.717, 1.165) is 0 Å². The number of hydrogen-bond donors (Lipinski definition) is 0. The molecule has 0 aromatic carbocycles. The molecule has 0 atom stereocenters. The van der Waals surface area contributed by atoms with Crippen LogP contribution in [0.15, 0.2) is 17.1 Å². The van der Waals surface area contributed by atoms with Gasteiger partial charge in [0, 0.05) is 6.39 Å². The first-order valence-corrected chi connectivity index (χ1v) is 3.94. The van der Waals surface area contributed by atoms with Gasteiger partial charge in [-0.2, -0.15) is 0 Å². The van der Waals surface area contributed by atoms with Crippen LogP contribution in [0.3, 0.4) is 0 Å². The maximum absolute atomic E-state index is 4.42. The average molecular weight is 207 g/mol. The average Bonchev–Trinajstić information content (AvgIpc) is 2.23. The van der Waals surface area contributed by atoms with Crippen LogP contribution in [0.1, 0.15) is 0 Å². The number of rotatable bonds is 0. The molecule has 0 spiro atoms. The SMILES string of the molecule is [Co+][Br].[c-]1cocn1. The Morgan fingerprint density at radius 3 is 2.57 bits per heavy atom. The molecular formula is C3H2BrCoNO. The van der Waals surface area contributed by atoms with E-state index in [0.29, 0.717) is 0 Å². The van der Waals surface area contributed by atoms with Gasteiger partial charge in [-0.1, -0.05) is 0 Å². The van der Waals surface area contributed by atoms with E-state index < -0.39 is 0 Å². The third-order valence-corrected chi connectivity index (χ3v) is 0.309. The molecule has 0 N–H and O–H groups in total. The van der Waals surface area contributed by atoms with Gasteiger partial charge in [0.15, 0.2) is 0 Å². The second-order valence-electron chi connectivity index (χ2n) is 0.618. The second kappa shape index (κ2) is 6.20. The summed E-state index contributed by atoms with van der Waals surface area (Å²) in [7, 11) is 0. The predicted molar refractivity (Wildman–Crippen MR) is 24.3 cm³/mol. The molecule has 0 fully saturated rings. The quantitative estimate of drug-likeness (QED) is 0.599. The summed E-state index contributed by atoms with van der Waals surface area (Å²) in [6.07, 6.45) is 5.15. The number of nitrogens with zero attached hydrogens (tertiary/aromatic N) is 1. The van der Waals surface area contributed by atoms with Crippen molar-refractivity contribution in [1.82, 2.24) is 4.98 Å². The number of oxazole rings is 1. The molecule has 0 aliphatic rings. The van der Waals surface area contributed by atoms with Crippen molar-refractivity contribution in [3.63, 3.8) is 0 Å². The fraction of sp³-hybridized carbons (Fsp3) is 0. The van der Waals surface area contributed by atoms with E-state index in [9.17, 15) is 0 Å². The summed E-state index contributed by atoms with van der Waals surface area (Å²) in [6.45, 7) is 0. The maximum atomic E-state index is 4.42. The summed E-state index contributed by atoms with van der Waals surface area (Å²) >= 11 is 6.00. The summed E-state index contributed by atoms with van der Waals surface area (Å²) in [4.78, 5) is 3.43. The van der Waals surface area contributed by atoms with Crippen molar-refractivity contribution >= 4 is 14.2 Å². The normalized spacial score (nSPS) is 6.57. The van der Waals surface area contributed by atoms with Gasteiger partial charge in [0.25, 0.3) is 0 Å². The van der Waals surface area contributed by atoms with E-state index in [2.05, 4.69) is 43.7 Å². The molecule has 0 saturated carbocycles. The Kier molecular flexibility index (Phi) is 6.37. The molecule has 1 rings (SSSR count). The zero-order valence-electron chi connectivity index (χ0n) is 3.22. The van der Waals surface area contributed by atoms with Gasteiger partial charge in [0.1, 0.15) is 0 Å². The monoisotopic (exact) mass is 206 g/mol. The second-order valence-corrected chi connectivity index (χ2v) is 0.618. The molecule has 0 amide bonds. The minimum atomic E-state index is 1.32. The van der Waals surface area contributed by atoms with Gasteiger partial charge < -0.3 is 9.40 Å². The Morgan fingerprint density at radius 1 is 1.71 bits per heavy atom. The van der Waals surface area contributed by atoms with Crippen molar-refractivity contribution in [3.8, 4) is 0 Å². The van der Waals surface area contributed by atoms with Gasteiger partial charge in [-0.15, -0.1) is 6.20 Å². The van der Waals surface area contributed by atoms with Gasteiger partial charge in [0.05, 0.1) is 0 Å². The molecule has 1 aromatic heterocycles. The topological polar surface area (TPSA) is 26.0 Å². The Bertz CT molecular complexity index is 71.4. The molecule has 1 aromatic rings. The molecule has 0 unspecified atom stereocenters. The summed E-state index contributed by atoms with van der Waals surface area (Å²) in [6, 6.07) is 0. The molecule has 4 heteroatoms. The van der Waals surface area contributed by atoms with Crippen LogP contribution in [0.5, 0.6) is 0 Å². The van der Waals surface area contributed by atoms with Crippen LogP contribution >= 0.6 is 14.2 Å². The molecular weight excluding hydrogens is 205 g/mol. The van der Waals surface area contributed by atoms with Crippen molar-refractivity contribution in [2.75, 3.05) is 0 Å². The van der Waals surface area contributed by atoms with E-state index in [1.807, 2.05) is 0 Å². The van der Waals surface area contributed by atoms with Gasteiger partial charge in [-0.25, -0.2) is 0 Å². The summed E-state index contributed by atoms with van der Waals surface area (Å²) in [5.74, 6) is 0. The van der Waals surface area contributed by atoms with E-state index in [1.54, 1.807) is 0 Å². The van der Waals surface area contributed by atoms with Crippen molar-refractivity contribution < 1.29 is 18.4 Å². The van der Waals surface area contributed by atoms with Crippen LogP contribution in [0, 0.1) is 6.20 Å². The van der Waals surface area contributed by atoms with Gasteiger partial charge in [-0.3, -0.25) is 0 Å². The molecule has 0 aliphatic carbocycles. The molecule has 0 bridgehead atoms. The summed E-state index contributed by atoms with van der Waals surface area (Å²) in [5.41, 5.74) is 0. The van der Waals surface area contributed by atoms with Crippen molar-refractivity contribution in [3.05, 3.63) is 18.9 Å². The smallest absolute Gasteiger partial charge is 0.0217 e.